The smallest absolute Gasteiger partial charge is 0.352 e. The molecule has 0 bridgehead atoms. The number of hydrogen-bond acceptors (Lipinski definition) is 5. The summed E-state index contributed by atoms with van der Waals surface area (Å²) in [6.45, 7) is 1.54. The summed E-state index contributed by atoms with van der Waals surface area (Å²) in [6, 6.07) is 1.42. The second kappa shape index (κ2) is 5.47. The van der Waals surface area contributed by atoms with Crippen molar-refractivity contribution in [3.8, 4) is 0 Å². The molecule has 8 heteroatoms. The molecule has 7 nitrogen and oxygen atoms in total. The number of carboxylic acids is 1. The normalized spacial score (nSPS) is 24.4. The van der Waals surface area contributed by atoms with Crippen LogP contribution < -0.4 is 5.73 Å². The number of hydrogen-bond donors (Lipinski definition) is 3. The SMILES string of the molecule is C[C@@H](O)[C@H]1C(=O)N2C(C(=O)O)=C(c3cc(CC(N)=O)cs3)C[C@H]12. The largest absolute Gasteiger partial charge is 0.477 e. The maximum absolute atomic E-state index is 12.1. The van der Waals surface area contributed by atoms with E-state index in [-0.39, 0.29) is 24.1 Å². The Morgan fingerprint density at radius 3 is 2.78 bits per heavy atom. The van der Waals surface area contributed by atoms with E-state index >= 15 is 0 Å². The first kappa shape index (κ1) is 15.7. The Morgan fingerprint density at radius 2 is 2.22 bits per heavy atom. The number of thiophene rings is 1. The number of nitrogens with two attached hydrogens (primary N) is 1. The van der Waals surface area contributed by atoms with Crippen LogP contribution in [0.4, 0.5) is 0 Å². The molecule has 0 radical (unpaired) electrons. The van der Waals surface area contributed by atoms with Crippen LogP contribution >= 0.6 is 11.3 Å². The summed E-state index contributed by atoms with van der Waals surface area (Å²) >= 11 is 1.32. The standard InChI is InChI=1S/C15H16N2O5S/c1-6(18)12-9-4-8(13(15(21)22)17(9)14(12)20)10-2-7(5-23-10)3-11(16)19/h2,5-6,9,12,18H,3-4H2,1H3,(H2,16,19)(H,21,22)/t6-,9-,12-/m1/s1. The highest BCUT2D eigenvalue weighted by Gasteiger charge is 2.56. The van der Waals surface area contributed by atoms with Crippen LogP contribution in [0.1, 0.15) is 23.8 Å². The molecule has 1 aromatic heterocycles. The summed E-state index contributed by atoms with van der Waals surface area (Å²) in [5.41, 5.74) is 6.44. The zero-order valence-electron chi connectivity index (χ0n) is 12.4. The van der Waals surface area contributed by atoms with Crippen molar-refractivity contribution in [2.75, 3.05) is 0 Å². The lowest BCUT2D eigenvalue weighted by Gasteiger charge is -2.44. The highest BCUT2D eigenvalue weighted by molar-refractivity contribution is 7.11. The topological polar surface area (TPSA) is 121 Å². The first-order valence-electron chi connectivity index (χ1n) is 7.15. The van der Waals surface area contributed by atoms with E-state index < -0.39 is 23.9 Å². The van der Waals surface area contributed by atoms with Crippen LogP contribution in [0.3, 0.4) is 0 Å². The van der Waals surface area contributed by atoms with E-state index in [4.69, 9.17) is 5.73 Å². The Bertz CT molecular complexity index is 736. The molecule has 0 aliphatic carbocycles. The van der Waals surface area contributed by atoms with E-state index in [1.807, 2.05) is 0 Å². The van der Waals surface area contributed by atoms with Crippen molar-refractivity contribution in [1.29, 1.82) is 0 Å². The molecule has 3 atom stereocenters. The zero-order chi connectivity index (χ0) is 16.9. The minimum Gasteiger partial charge on any atom is -0.477 e. The Balaban J connectivity index is 1.95. The predicted octanol–water partition coefficient (Wildman–Crippen LogP) is 0.183. The van der Waals surface area contributed by atoms with Gasteiger partial charge in [-0.15, -0.1) is 11.3 Å². The molecule has 1 saturated heterocycles. The second-order valence-corrected chi connectivity index (χ2v) is 6.75. The molecule has 3 heterocycles. The van der Waals surface area contributed by atoms with Gasteiger partial charge in [0.25, 0.3) is 0 Å². The third-order valence-corrected chi connectivity index (χ3v) is 5.30. The molecule has 23 heavy (non-hydrogen) atoms. The number of aliphatic hydroxyl groups excluding tert-OH is 1. The molecule has 1 fully saturated rings. The van der Waals surface area contributed by atoms with Crippen LogP contribution in [0.5, 0.6) is 0 Å². The number of amides is 2. The van der Waals surface area contributed by atoms with Gasteiger partial charge >= 0.3 is 5.97 Å². The zero-order valence-corrected chi connectivity index (χ0v) is 13.2. The fourth-order valence-corrected chi connectivity index (χ4v) is 4.29. The summed E-state index contributed by atoms with van der Waals surface area (Å²) in [4.78, 5) is 36.7. The van der Waals surface area contributed by atoms with Gasteiger partial charge in [0.05, 0.1) is 24.5 Å². The molecule has 1 aromatic rings. The average Bonchev–Trinajstić information content (AvgIpc) is 2.99. The lowest BCUT2D eigenvalue weighted by Crippen LogP contribution is -2.61. The van der Waals surface area contributed by atoms with Gasteiger partial charge in [-0.1, -0.05) is 0 Å². The van der Waals surface area contributed by atoms with Crippen LogP contribution in [0, 0.1) is 5.92 Å². The quantitative estimate of drug-likeness (QED) is 0.663. The molecule has 3 rings (SSSR count). The maximum Gasteiger partial charge on any atom is 0.352 e. The molecule has 2 amide bonds. The summed E-state index contributed by atoms with van der Waals surface area (Å²) in [5, 5.41) is 21.0. The molecule has 2 aliphatic heterocycles. The summed E-state index contributed by atoms with van der Waals surface area (Å²) in [7, 11) is 0. The number of fused-ring (bicyclic) bond motifs is 1. The monoisotopic (exact) mass is 336 g/mol. The van der Waals surface area contributed by atoms with Gasteiger partial charge in [-0.3, -0.25) is 9.59 Å². The van der Waals surface area contributed by atoms with E-state index in [1.165, 1.54) is 23.2 Å². The van der Waals surface area contributed by atoms with Gasteiger partial charge in [0.2, 0.25) is 11.8 Å². The summed E-state index contributed by atoms with van der Waals surface area (Å²) < 4.78 is 0. The van der Waals surface area contributed by atoms with Crippen LogP contribution in [-0.2, 0) is 20.8 Å². The minimum atomic E-state index is -1.16. The molecule has 0 aromatic carbocycles. The number of rotatable bonds is 5. The fourth-order valence-electron chi connectivity index (χ4n) is 3.32. The van der Waals surface area contributed by atoms with Gasteiger partial charge in [0.15, 0.2) is 0 Å². The Labute approximate surface area is 136 Å². The third-order valence-electron chi connectivity index (χ3n) is 4.26. The first-order valence-corrected chi connectivity index (χ1v) is 8.03. The molecule has 122 valence electrons. The van der Waals surface area contributed by atoms with Crippen LogP contribution in [0.15, 0.2) is 17.1 Å². The molecule has 0 saturated carbocycles. The van der Waals surface area contributed by atoms with Crippen LogP contribution in [0.2, 0.25) is 0 Å². The van der Waals surface area contributed by atoms with Crippen molar-refractivity contribution >= 4 is 34.7 Å². The van der Waals surface area contributed by atoms with Crippen molar-refractivity contribution in [1.82, 2.24) is 4.90 Å². The van der Waals surface area contributed by atoms with Gasteiger partial charge in [-0.25, -0.2) is 4.79 Å². The lowest BCUT2D eigenvalue weighted by atomic mass is 9.83. The molecule has 4 N–H and O–H groups in total. The number of carbonyl (C=O) groups excluding carboxylic acids is 2. The molecule has 0 spiro atoms. The van der Waals surface area contributed by atoms with Crippen LogP contribution in [-0.4, -0.2) is 45.0 Å². The van der Waals surface area contributed by atoms with Crippen molar-refractivity contribution < 1.29 is 24.6 Å². The van der Waals surface area contributed by atoms with Crippen molar-refractivity contribution in [2.24, 2.45) is 11.7 Å². The number of aliphatic hydroxyl groups is 1. The maximum atomic E-state index is 12.1. The Morgan fingerprint density at radius 1 is 1.52 bits per heavy atom. The Hall–Kier alpha value is -2.19. The fraction of sp³-hybridized carbons (Fsp3) is 0.400. The van der Waals surface area contributed by atoms with Gasteiger partial charge in [0, 0.05) is 10.5 Å². The number of carbonyl (C=O) groups is 3. The summed E-state index contributed by atoms with van der Waals surface area (Å²) in [5.74, 6) is -2.54. The summed E-state index contributed by atoms with van der Waals surface area (Å²) in [6.07, 6.45) is -0.333. The predicted molar refractivity (Wildman–Crippen MR) is 82.2 cm³/mol. The van der Waals surface area contributed by atoms with Crippen molar-refractivity contribution in [2.45, 2.75) is 31.9 Å². The van der Waals surface area contributed by atoms with E-state index in [9.17, 15) is 24.6 Å². The molecule has 0 unspecified atom stereocenters. The number of β-lactam (4-membered cyclic amide) rings is 1. The van der Waals surface area contributed by atoms with Gasteiger partial charge in [-0.05, 0) is 30.4 Å². The van der Waals surface area contributed by atoms with Crippen molar-refractivity contribution in [3.63, 3.8) is 0 Å². The minimum absolute atomic E-state index is 0.0237. The molecule has 2 aliphatic rings. The first-order chi connectivity index (χ1) is 10.8. The molecular weight excluding hydrogens is 320 g/mol. The van der Waals surface area contributed by atoms with Crippen molar-refractivity contribution in [3.05, 3.63) is 27.6 Å². The van der Waals surface area contributed by atoms with Gasteiger partial charge in [0.1, 0.15) is 5.70 Å². The number of primary amides is 1. The highest BCUT2D eigenvalue weighted by atomic mass is 32.1. The van der Waals surface area contributed by atoms with E-state index in [1.54, 1.807) is 11.4 Å². The number of aliphatic carboxylic acids is 1. The average molecular weight is 336 g/mol. The van der Waals surface area contributed by atoms with Gasteiger partial charge < -0.3 is 20.8 Å². The highest BCUT2D eigenvalue weighted by Crippen LogP contribution is 2.47. The number of nitrogens with zero attached hydrogens (tertiary/aromatic N) is 1. The van der Waals surface area contributed by atoms with Gasteiger partial charge in [-0.2, -0.15) is 0 Å². The second-order valence-electron chi connectivity index (χ2n) is 5.84. The Kier molecular flexibility index (Phi) is 3.73. The lowest BCUT2D eigenvalue weighted by molar-refractivity contribution is -0.161. The number of carboxylic acid groups (broad SMARTS) is 1. The van der Waals surface area contributed by atoms with E-state index in [0.717, 1.165) is 5.56 Å². The molecular formula is C15H16N2O5S. The third kappa shape index (κ3) is 2.43. The van der Waals surface area contributed by atoms with E-state index in [2.05, 4.69) is 0 Å². The van der Waals surface area contributed by atoms with Crippen LogP contribution in [0.25, 0.3) is 5.57 Å². The van der Waals surface area contributed by atoms with E-state index in [0.29, 0.717) is 16.9 Å².